The van der Waals surface area contributed by atoms with Crippen molar-refractivity contribution in [2.75, 3.05) is 38.5 Å². The molecule has 0 aromatic heterocycles. The van der Waals surface area contributed by atoms with Gasteiger partial charge in [0.05, 0.1) is 12.1 Å². The molecule has 0 spiro atoms. The van der Waals surface area contributed by atoms with Crippen LogP contribution in [-0.2, 0) is 0 Å². The molecule has 1 fully saturated rings. The van der Waals surface area contributed by atoms with Crippen molar-refractivity contribution in [2.45, 2.75) is 17.0 Å². The number of hydrogen-bond donors (Lipinski definition) is 1. The third-order valence-corrected chi connectivity index (χ3v) is 6.88. The van der Waals surface area contributed by atoms with E-state index in [2.05, 4.69) is 70.5 Å². The molecule has 0 radical (unpaired) electrons. The minimum absolute atomic E-state index is 0.230. The van der Waals surface area contributed by atoms with Gasteiger partial charge in [0.15, 0.2) is 0 Å². The van der Waals surface area contributed by atoms with Gasteiger partial charge in [0.2, 0.25) is 0 Å². The Hall–Kier alpha value is -2.18. The zero-order chi connectivity index (χ0) is 21.5. The van der Waals surface area contributed by atoms with E-state index in [1.165, 1.54) is 23.3 Å². The van der Waals surface area contributed by atoms with Gasteiger partial charge in [-0.3, -0.25) is 9.80 Å². The van der Waals surface area contributed by atoms with Crippen LogP contribution >= 0.6 is 11.8 Å². The summed E-state index contributed by atoms with van der Waals surface area (Å²) in [5.74, 6) is 0.384. The maximum Gasteiger partial charge on any atom is 0.123 e. The molecule has 0 aliphatic carbocycles. The first-order valence-corrected chi connectivity index (χ1v) is 11.8. The topological polar surface area (TPSA) is 26.7 Å². The number of rotatable bonds is 8. The number of aliphatic hydroxyl groups is 1. The van der Waals surface area contributed by atoms with Crippen molar-refractivity contribution in [3.05, 3.63) is 102 Å². The van der Waals surface area contributed by atoms with Gasteiger partial charge in [-0.1, -0.05) is 60.7 Å². The minimum Gasteiger partial charge on any atom is -0.391 e. The highest BCUT2D eigenvalue weighted by molar-refractivity contribution is 7.99. The van der Waals surface area contributed by atoms with Gasteiger partial charge in [0.25, 0.3) is 0 Å². The molecule has 162 valence electrons. The molecule has 0 amide bonds. The third-order valence-electron chi connectivity index (χ3n) is 5.73. The van der Waals surface area contributed by atoms with E-state index in [4.69, 9.17) is 0 Å². The van der Waals surface area contributed by atoms with Crippen molar-refractivity contribution in [1.29, 1.82) is 0 Å². The Morgan fingerprint density at radius 2 is 1.32 bits per heavy atom. The van der Waals surface area contributed by atoms with Crippen molar-refractivity contribution in [3.63, 3.8) is 0 Å². The fourth-order valence-electron chi connectivity index (χ4n) is 4.16. The maximum atomic E-state index is 13.0. The summed E-state index contributed by atoms with van der Waals surface area (Å²) < 4.78 is 13.0. The normalized spacial score (nSPS) is 16.5. The minimum atomic E-state index is -0.402. The summed E-state index contributed by atoms with van der Waals surface area (Å²) in [6.07, 6.45) is -0.402. The number of β-amino-alcohol motifs (C(OH)–C–C–N with tert-alkyl or cyclic N) is 1. The second-order valence-electron chi connectivity index (χ2n) is 7.98. The van der Waals surface area contributed by atoms with Gasteiger partial charge in [-0.2, -0.15) is 0 Å². The molecule has 4 rings (SSSR count). The van der Waals surface area contributed by atoms with Crippen molar-refractivity contribution in [1.82, 2.24) is 9.80 Å². The summed E-state index contributed by atoms with van der Waals surface area (Å²) >= 11 is 1.57. The van der Waals surface area contributed by atoms with E-state index in [9.17, 15) is 9.50 Å². The number of nitrogens with zero attached hydrogens (tertiary/aromatic N) is 2. The number of hydrogen-bond acceptors (Lipinski definition) is 4. The highest BCUT2D eigenvalue weighted by Gasteiger charge is 2.27. The van der Waals surface area contributed by atoms with Gasteiger partial charge in [0.1, 0.15) is 5.82 Å². The van der Waals surface area contributed by atoms with E-state index in [0.717, 1.165) is 31.1 Å². The zero-order valence-corrected chi connectivity index (χ0v) is 18.4. The van der Waals surface area contributed by atoms with E-state index >= 15 is 0 Å². The lowest BCUT2D eigenvalue weighted by Crippen LogP contribution is -2.49. The average Bonchev–Trinajstić information content (AvgIpc) is 2.81. The summed E-state index contributed by atoms with van der Waals surface area (Å²) in [4.78, 5) is 5.87. The highest BCUT2D eigenvalue weighted by atomic mass is 32.2. The first-order chi connectivity index (χ1) is 15.2. The fraction of sp³-hybridized carbons (Fsp3) is 0.308. The lowest BCUT2D eigenvalue weighted by Gasteiger charge is -2.40. The lowest BCUT2D eigenvalue weighted by atomic mass is 9.96. The first-order valence-electron chi connectivity index (χ1n) is 10.8. The van der Waals surface area contributed by atoms with Gasteiger partial charge >= 0.3 is 0 Å². The van der Waals surface area contributed by atoms with Crippen LogP contribution < -0.4 is 0 Å². The Labute approximate surface area is 188 Å². The van der Waals surface area contributed by atoms with Crippen LogP contribution in [0.5, 0.6) is 0 Å². The molecule has 5 heteroatoms. The SMILES string of the molecule is O[C@H](CSc1ccc(F)cc1)CN1CCN(C(c2ccccc2)c2ccccc2)CC1. The van der Waals surface area contributed by atoms with Gasteiger partial charge < -0.3 is 5.11 Å². The summed E-state index contributed by atoms with van der Waals surface area (Å²) in [5.41, 5.74) is 2.63. The average molecular weight is 437 g/mol. The van der Waals surface area contributed by atoms with Crippen LogP contribution in [0.1, 0.15) is 17.2 Å². The van der Waals surface area contributed by atoms with E-state index in [1.807, 2.05) is 0 Å². The van der Waals surface area contributed by atoms with Gasteiger partial charge in [-0.15, -0.1) is 11.8 Å². The first kappa shape index (κ1) is 22.0. The van der Waals surface area contributed by atoms with Crippen LogP contribution in [0.25, 0.3) is 0 Å². The van der Waals surface area contributed by atoms with Crippen LogP contribution in [0.4, 0.5) is 4.39 Å². The molecule has 0 bridgehead atoms. The summed E-state index contributed by atoms with van der Waals surface area (Å²) in [6.45, 7) is 4.48. The largest absolute Gasteiger partial charge is 0.391 e. The summed E-state index contributed by atoms with van der Waals surface area (Å²) in [7, 11) is 0. The number of thioether (sulfide) groups is 1. The zero-order valence-electron chi connectivity index (χ0n) is 17.6. The third kappa shape index (κ3) is 6.17. The predicted octanol–water partition coefficient (Wildman–Crippen LogP) is 4.69. The quantitative estimate of drug-likeness (QED) is 0.519. The van der Waals surface area contributed by atoms with E-state index in [-0.39, 0.29) is 11.9 Å². The summed E-state index contributed by atoms with van der Waals surface area (Å²) in [5, 5.41) is 10.5. The lowest BCUT2D eigenvalue weighted by molar-refractivity contribution is 0.0708. The molecular weight excluding hydrogens is 407 g/mol. The maximum absolute atomic E-state index is 13.0. The second-order valence-corrected chi connectivity index (χ2v) is 9.07. The Morgan fingerprint density at radius 1 is 0.774 bits per heavy atom. The number of benzene rings is 3. The second kappa shape index (κ2) is 10.9. The number of aliphatic hydroxyl groups excluding tert-OH is 1. The summed E-state index contributed by atoms with van der Waals surface area (Å²) in [6, 6.07) is 28.1. The Bertz CT molecular complexity index is 876. The smallest absolute Gasteiger partial charge is 0.123 e. The standard InChI is InChI=1S/C26H29FN2OS/c27-23-11-13-25(14-12-23)31-20-24(30)19-28-15-17-29(18-16-28)26(21-7-3-1-4-8-21)22-9-5-2-6-10-22/h1-14,24,26,30H,15-20H2/t24-/m0/s1. The van der Waals surface area contributed by atoms with Crippen molar-refractivity contribution >= 4 is 11.8 Å². The van der Waals surface area contributed by atoms with Crippen LogP contribution in [0, 0.1) is 5.82 Å². The Kier molecular flexibility index (Phi) is 7.76. The predicted molar refractivity (Wildman–Crippen MR) is 126 cm³/mol. The van der Waals surface area contributed by atoms with Crippen LogP contribution in [0.15, 0.2) is 89.8 Å². The monoisotopic (exact) mass is 436 g/mol. The molecule has 1 aliphatic rings. The molecule has 1 N–H and O–H groups in total. The fourth-order valence-corrected chi connectivity index (χ4v) is 4.98. The van der Waals surface area contributed by atoms with Crippen LogP contribution in [0.2, 0.25) is 0 Å². The number of piperazine rings is 1. The van der Waals surface area contributed by atoms with Gasteiger partial charge in [0, 0.05) is 43.4 Å². The van der Waals surface area contributed by atoms with Crippen LogP contribution in [0.3, 0.4) is 0 Å². The molecule has 1 aliphatic heterocycles. The molecule has 3 nitrogen and oxygen atoms in total. The highest BCUT2D eigenvalue weighted by Crippen LogP contribution is 2.29. The molecule has 1 saturated heterocycles. The molecule has 1 atom stereocenters. The Morgan fingerprint density at radius 3 is 1.87 bits per heavy atom. The molecule has 31 heavy (non-hydrogen) atoms. The molecule has 0 unspecified atom stereocenters. The van der Waals surface area contributed by atoms with E-state index in [1.54, 1.807) is 23.9 Å². The van der Waals surface area contributed by atoms with Crippen molar-refractivity contribution in [2.24, 2.45) is 0 Å². The van der Waals surface area contributed by atoms with E-state index < -0.39 is 6.10 Å². The van der Waals surface area contributed by atoms with Gasteiger partial charge in [-0.25, -0.2) is 4.39 Å². The van der Waals surface area contributed by atoms with Gasteiger partial charge in [-0.05, 0) is 35.4 Å². The van der Waals surface area contributed by atoms with Crippen molar-refractivity contribution in [3.8, 4) is 0 Å². The molecule has 3 aromatic rings. The molecule has 0 saturated carbocycles. The molecule has 1 heterocycles. The molecule has 3 aromatic carbocycles. The Balaban J connectivity index is 1.32. The van der Waals surface area contributed by atoms with Crippen LogP contribution in [-0.4, -0.2) is 59.5 Å². The molecular formula is C26H29FN2OS. The number of halogens is 1. The van der Waals surface area contributed by atoms with E-state index in [0.29, 0.717) is 12.3 Å². The van der Waals surface area contributed by atoms with Crippen molar-refractivity contribution < 1.29 is 9.50 Å².